The maximum Gasteiger partial charge on any atom is 0.131 e. The highest BCUT2D eigenvalue weighted by molar-refractivity contribution is 5.44. The summed E-state index contributed by atoms with van der Waals surface area (Å²) in [5.74, 6) is 1.77. The molecule has 1 aromatic rings. The fourth-order valence-electron chi connectivity index (χ4n) is 2.51. The number of hydrogen-bond acceptors (Lipinski definition) is 5. The molecule has 106 valence electrons. The summed E-state index contributed by atoms with van der Waals surface area (Å²) in [6.45, 7) is 6.83. The Hall–Kier alpha value is -1.36. The number of hydrogen-bond donors (Lipinski definition) is 3. The number of nitrogens with zero attached hydrogens (tertiary/aromatic N) is 2. The van der Waals surface area contributed by atoms with Gasteiger partial charge >= 0.3 is 0 Å². The lowest BCUT2D eigenvalue weighted by atomic mass is 9.71. The highest BCUT2D eigenvalue weighted by atomic mass is 16.3. The van der Waals surface area contributed by atoms with Crippen LogP contribution in [-0.4, -0.2) is 27.2 Å². The molecule has 0 unspecified atom stereocenters. The van der Waals surface area contributed by atoms with Crippen LogP contribution in [0.15, 0.2) is 6.07 Å². The van der Waals surface area contributed by atoms with Crippen molar-refractivity contribution in [3.8, 4) is 0 Å². The monoisotopic (exact) mass is 264 g/mol. The molecule has 1 aliphatic carbocycles. The van der Waals surface area contributed by atoms with Gasteiger partial charge < -0.3 is 16.2 Å². The number of aromatic nitrogens is 2. The molecule has 1 aromatic heterocycles. The van der Waals surface area contributed by atoms with Crippen LogP contribution < -0.4 is 11.1 Å². The molecule has 2 rings (SSSR count). The lowest BCUT2D eigenvalue weighted by molar-refractivity contribution is -0.0145. The molecule has 1 heterocycles. The first-order valence-corrected chi connectivity index (χ1v) is 6.86. The van der Waals surface area contributed by atoms with Crippen LogP contribution in [0.2, 0.25) is 0 Å². The minimum atomic E-state index is -0.636. The molecule has 5 heteroatoms. The molecule has 0 spiro atoms. The van der Waals surface area contributed by atoms with Crippen molar-refractivity contribution < 1.29 is 5.11 Å². The Kier molecular flexibility index (Phi) is 3.67. The summed E-state index contributed by atoms with van der Waals surface area (Å²) in [7, 11) is 0. The van der Waals surface area contributed by atoms with Crippen LogP contribution in [0.1, 0.15) is 45.4 Å². The van der Waals surface area contributed by atoms with Crippen LogP contribution in [0.4, 0.5) is 11.6 Å². The minimum Gasteiger partial charge on any atom is -0.388 e. The van der Waals surface area contributed by atoms with Crippen molar-refractivity contribution in [2.45, 2.75) is 52.1 Å². The largest absolute Gasteiger partial charge is 0.388 e. The van der Waals surface area contributed by atoms with E-state index in [0.717, 1.165) is 25.7 Å². The topological polar surface area (TPSA) is 84.1 Å². The van der Waals surface area contributed by atoms with Gasteiger partial charge in [0, 0.05) is 12.6 Å². The third kappa shape index (κ3) is 3.80. The first-order valence-electron chi connectivity index (χ1n) is 6.86. The van der Waals surface area contributed by atoms with Crippen LogP contribution in [0, 0.1) is 12.3 Å². The number of rotatable bonds is 3. The van der Waals surface area contributed by atoms with E-state index < -0.39 is 5.60 Å². The predicted molar refractivity (Wildman–Crippen MR) is 76.9 cm³/mol. The first kappa shape index (κ1) is 14.1. The highest BCUT2D eigenvalue weighted by Crippen LogP contribution is 2.40. The molecule has 1 saturated carbocycles. The number of nitrogen functional groups attached to an aromatic ring is 1. The normalized spacial score (nSPS) is 21.1. The van der Waals surface area contributed by atoms with E-state index in [0.29, 0.717) is 29.4 Å². The van der Waals surface area contributed by atoms with E-state index in [-0.39, 0.29) is 0 Å². The van der Waals surface area contributed by atoms with Gasteiger partial charge in [-0.25, -0.2) is 9.97 Å². The molecule has 0 aromatic carbocycles. The van der Waals surface area contributed by atoms with Gasteiger partial charge in [0.2, 0.25) is 0 Å². The number of aryl methyl sites for hydroxylation is 1. The molecular formula is C14H24N4O. The van der Waals surface area contributed by atoms with Gasteiger partial charge in [-0.05, 0) is 38.0 Å². The van der Waals surface area contributed by atoms with Gasteiger partial charge in [-0.2, -0.15) is 0 Å². The molecule has 0 radical (unpaired) electrons. The Bertz CT molecular complexity index is 429. The SMILES string of the molecule is Cc1nc(N)cc(NCC2(O)CCC(C)(C)CC2)n1. The van der Waals surface area contributed by atoms with E-state index in [9.17, 15) is 5.11 Å². The number of anilines is 2. The second-order valence-corrected chi connectivity index (χ2v) is 6.47. The van der Waals surface area contributed by atoms with E-state index in [1.165, 1.54) is 0 Å². The third-order valence-corrected chi connectivity index (χ3v) is 3.99. The molecule has 19 heavy (non-hydrogen) atoms. The Labute approximate surface area is 114 Å². The molecule has 0 amide bonds. The molecular weight excluding hydrogens is 240 g/mol. The van der Waals surface area contributed by atoms with Crippen molar-refractivity contribution in [3.05, 3.63) is 11.9 Å². The number of aliphatic hydroxyl groups is 1. The van der Waals surface area contributed by atoms with E-state index in [1.54, 1.807) is 13.0 Å². The van der Waals surface area contributed by atoms with Gasteiger partial charge in [-0.3, -0.25) is 0 Å². The molecule has 0 aliphatic heterocycles. The summed E-state index contributed by atoms with van der Waals surface area (Å²) < 4.78 is 0. The Morgan fingerprint density at radius 2 is 1.89 bits per heavy atom. The number of nitrogens with two attached hydrogens (primary N) is 1. The van der Waals surface area contributed by atoms with Crippen molar-refractivity contribution in [2.75, 3.05) is 17.6 Å². The number of nitrogens with one attached hydrogen (secondary N) is 1. The van der Waals surface area contributed by atoms with Crippen LogP contribution in [0.25, 0.3) is 0 Å². The van der Waals surface area contributed by atoms with Crippen molar-refractivity contribution in [3.63, 3.8) is 0 Å². The minimum absolute atomic E-state index is 0.349. The quantitative estimate of drug-likeness (QED) is 0.778. The van der Waals surface area contributed by atoms with E-state index >= 15 is 0 Å². The predicted octanol–water partition coefficient (Wildman–Crippen LogP) is 2.11. The molecule has 4 N–H and O–H groups in total. The average molecular weight is 264 g/mol. The smallest absolute Gasteiger partial charge is 0.131 e. The second kappa shape index (κ2) is 4.96. The van der Waals surface area contributed by atoms with Crippen molar-refractivity contribution >= 4 is 11.6 Å². The Morgan fingerprint density at radius 3 is 2.47 bits per heavy atom. The van der Waals surface area contributed by atoms with Crippen LogP contribution >= 0.6 is 0 Å². The molecule has 0 bridgehead atoms. The van der Waals surface area contributed by atoms with Gasteiger partial charge in [0.25, 0.3) is 0 Å². The molecule has 0 saturated heterocycles. The summed E-state index contributed by atoms with van der Waals surface area (Å²) >= 11 is 0. The summed E-state index contributed by atoms with van der Waals surface area (Å²) in [5.41, 5.74) is 5.40. The van der Waals surface area contributed by atoms with Gasteiger partial charge in [0.1, 0.15) is 17.5 Å². The molecule has 1 aliphatic rings. The molecule has 5 nitrogen and oxygen atoms in total. The summed E-state index contributed by atoms with van der Waals surface area (Å²) in [4.78, 5) is 8.29. The third-order valence-electron chi connectivity index (χ3n) is 3.99. The van der Waals surface area contributed by atoms with Gasteiger partial charge in [-0.1, -0.05) is 13.8 Å². The lowest BCUT2D eigenvalue weighted by Crippen LogP contribution is -2.42. The van der Waals surface area contributed by atoms with Crippen molar-refractivity contribution in [1.82, 2.24) is 9.97 Å². The highest BCUT2D eigenvalue weighted by Gasteiger charge is 2.36. The summed E-state index contributed by atoms with van der Waals surface area (Å²) in [5, 5.41) is 13.7. The van der Waals surface area contributed by atoms with E-state index in [1.807, 2.05) is 0 Å². The average Bonchev–Trinajstić information content (AvgIpc) is 2.30. The zero-order chi connectivity index (χ0) is 14.1. The van der Waals surface area contributed by atoms with Crippen LogP contribution in [0.3, 0.4) is 0 Å². The fourth-order valence-corrected chi connectivity index (χ4v) is 2.51. The van der Waals surface area contributed by atoms with Crippen LogP contribution in [-0.2, 0) is 0 Å². The maximum absolute atomic E-state index is 10.6. The van der Waals surface area contributed by atoms with Crippen LogP contribution in [0.5, 0.6) is 0 Å². The fraction of sp³-hybridized carbons (Fsp3) is 0.714. The zero-order valence-electron chi connectivity index (χ0n) is 12.0. The Morgan fingerprint density at radius 1 is 1.26 bits per heavy atom. The lowest BCUT2D eigenvalue weighted by Gasteiger charge is -2.40. The summed E-state index contributed by atoms with van der Waals surface area (Å²) in [6.07, 6.45) is 3.76. The van der Waals surface area contributed by atoms with Gasteiger partial charge in [-0.15, -0.1) is 0 Å². The maximum atomic E-state index is 10.6. The Balaban J connectivity index is 1.95. The summed E-state index contributed by atoms with van der Waals surface area (Å²) in [6, 6.07) is 1.70. The first-order chi connectivity index (χ1) is 8.78. The second-order valence-electron chi connectivity index (χ2n) is 6.47. The molecule has 0 atom stereocenters. The van der Waals surface area contributed by atoms with Gasteiger partial charge in [0.15, 0.2) is 0 Å². The van der Waals surface area contributed by atoms with Gasteiger partial charge in [0.05, 0.1) is 5.60 Å². The van der Waals surface area contributed by atoms with E-state index in [2.05, 4.69) is 29.1 Å². The molecule has 1 fully saturated rings. The van der Waals surface area contributed by atoms with Crippen molar-refractivity contribution in [1.29, 1.82) is 0 Å². The van der Waals surface area contributed by atoms with E-state index in [4.69, 9.17) is 5.73 Å². The van der Waals surface area contributed by atoms with Crippen molar-refractivity contribution in [2.24, 2.45) is 5.41 Å². The standard InChI is InChI=1S/C14H24N4O/c1-10-17-11(15)8-12(18-10)16-9-14(19)6-4-13(2,3)5-7-14/h8,19H,4-7,9H2,1-3H3,(H3,15,16,17,18). The zero-order valence-corrected chi connectivity index (χ0v) is 12.0.